The van der Waals surface area contributed by atoms with Crippen molar-refractivity contribution in [3.63, 3.8) is 0 Å². The van der Waals surface area contributed by atoms with Crippen LogP contribution in [0.3, 0.4) is 0 Å². The summed E-state index contributed by atoms with van der Waals surface area (Å²) in [6.07, 6.45) is 2.79. The molecule has 1 saturated heterocycles. The second-order valence-electron chi connectivity index (χ2n) is 5.63. The third kappa shape index (κ3) is 3.39. The van der Waals surface area contributed by atoms with Gasteiger partial charge in [0.1, 0.15) is 0 Å². The Morgan fingerprint density at radius 3 is 2.91 bits per heavy atom. The molecule has 0 bridgehead atoms. The average Bonchev–Trinajstić information content (AvgIpc) is 3.12. The number of rotatable bonds is 6. The van der Waals surface area contributed by atoms with Crippen LogP contribution >= 0.6 is 23.6 Å². The molecule has 0 spiro atoms. The summed E-state index contributed by atoms with van der Waals surface area (Å²) < 4.78 is 5.20. The number of thiocarbonyl (C=S) groups is 1. The predicted molar refractivity (Wildman–Crippen MR) is 97.7 cm³/mol. The predicted octanol–water partition coefficient (Wildman–Crippen LogP) is 3.46. The van der Waals surface area contributed by atoms with E-state index in [2.05, 4.69) is 39.6 Å². The first-order valence-electron chi connectivity index (χ1n) is 7.73. The maximum absolute atomic E-state index is 5.61. The Morgan fingerprint density at radius 1 is 1.39 bits per heavy atom. The third-order valence-corrected chi connectivity index (χ3v) is 5.56. The molecule has 2 aromatic rings. The fourth-order valence-corrected chi connectivity index (χ4v) is 4.40. The number of methoxy groups -OCH3 is 1. The van der Waals surface area contributed by atoms with Gasteiger partial charge in [-0.1, -0.05) is 6.07 Å². The number of aromatic nitrogens is 1. The number of nitrogens with one attached hydrogen (secondary N) is 1. The summed E-state index contributed by atoms with van der Waals surface area (Å²) in [4.78, 5) is 8.18. The SMILES string of the molecule is COCCCN1C(=S)N[C@@H](c2ccccn2)[C@H]1c1sccc1C. The Bertz CT molecular complexity index is 659. The van der Waals surface area contributed by atoms with Crippen LogP contribution in [0.25, 0.3) is 0 Å². The Hall–Kier alpha value is -1.50. The summed E-state index contributed by atoms with van der Waals surface area (Å²) in [5.41, 5.74) is 2.34. The maximum Gasteiger partial charge on any atom is 0.170 e. The number of thiophene rings is 1. The summed E-state index contributed by atoms with van der Waals surface area (Å²) in [5, 5.41) is 6.42. The van der Waals surface area contributed by atoms with E-state index in [9.17, 15) is 0 Å². The highest BCUT2D eigenvalue weighted by molar-refractivity contribution is 7.80. The molecule has 0 saturated carbocycles. The van der Waals surface area contributed by atoms with Crippen LogP contribution in [0.4, 0.5) is 0 Å². The van der Waals surface area contributed by atoms with E-state index in [-0.39, 0.29) is 12.1 Å². The van der Waals surface area contributed by atoms with Gasteiger partial charge in [-0.3, -0.25) is 4.98 Å². The van der Waals surface area contributed by atoms with Crippen molar-refractivity contribution in [1.29, 1.82) is 0 Å². The lowest BCUT2D eigenvalue weighted by Gasteiger charge is -2.27. The van der Waals surface area contributed by atoms with Crippen LogP contribution in [0.2, 0.25) is 0 Å². The van der Waals surface area contributed by atoms with Gasteiger partial charge in [-0.05, 0) is 54.7 Å². The van der Waals surface area contributed by atoms with E-state index in [1.165, 1.54) is 10.4 Å². The third-order valence-electron chi connectivity index (χ3n) is 4.12. The number of hydrogen-bond acceptors (Lipinski definition) is 4. The molecule has 0 radical (unpaired) electrons. The quantitative estimate of drug-likeness (QED) is 0.640. The second kappa shape index (κ2) is 7.38. The lowest BCUT2D eigenvalue weighted by molar-refractivity contribution is 0.181. The largest absolute Gasteiger partial charge is 0.385 e. The fourth-order valence-electron chi connectivity index (χ4n) is 3.00. The van der Waals surface area contributed by atoms with Crippen LogP contribution < -0.4 is 5.32 Å². The minimum atomic E-state index is 0.0867. The van der Waals surface area contributed by atoms with Crippen molar-refractivity contribution >= 4 is 28.7 Å². The molecule has 1 fully saturated rings. The van der Waals surface area contributed by atoms with E-state index in [1.807, 2.05) is 18.3 Å². The van der Waals surface area contributed by atoms with Gasteiger partial charge >= 0.3 is 0 Å². The molecule has 0 unspecified atom stereocenters. The van der Waals surface area contributed by atoms with Crippen LogP contribution in [-0.2, 0) is 4.74 Å². The zero-order valence-corrected chi connectivity index (χ0v) is 15.0. The van der Waals surface area contributed by atoms with Crippen LogP contribution in [0, 0.1) is 6.92 Å². The van der Waals surface area contributed by atoms with Crippen LogP contribution in [0.1, 0.15) is 34.6 Å². The molecule has 1 aliphatic rings. The number of aryl methyl sites for hydroxylation is 1. The second-order valence-corrected chi connectivity index (χ2v) is 6.97. The summed E-state index contributed by atoms with van der Waals surface area (Å²) in [6, 6.07) is 8.48. The van der Waals surface area contributed by atoms with E-state index >= 15 is 0 Å². The van der Waals surface area contributed by atoms with Crippen molar-refractivity contribution in [2.45, 2.75) is 25.4 Å². The van der Waals surface area contributed by atoms with Crippen molar-refractivity contribution in [3.05, 3.63) is 52.0 Å². The highest BCUT2D eigenvalue weighted by Crippen LogP contribution is 2.41. The van der Waals surface area contributed by atoms with Gasteiger partial charge in [-0.15, -0.1) is 11.3 Å². The monoisotopic (exact) mass is 347 g/mol. The zero-order valence-electron chi connectivity index (χ0n) is 13.4. The van der Waals surface area contributed by atoms with Gasteiger partial charge in [-0.2, -0.15) is 0 Å². The first-order chi connectivity index (χ1) is 11.2. The van der Waals surface area contributed by atoms with Crippen molar-refractivity contribution < 1.29 is 4.74 Å². The molecule has 0 aromatic carbocycles. The highest BCUT2D eigenvalue weighted by atomic mass is 32.1. The van der Waals surface area contributed by atoms with Crippen LogP contribution in [0.5, 0.6) is 0 Å². The van der Waals surface area contributed by atoms with Crippen LogP contribution in [-0.4, -0.2) is 35.3 Å². The molecular weight excluding hydrogens is 326 g/mol. The molecule has 0 aliphatic carbocycles. The first kappa shape index (κ1) is 16.4. The smallest absolute Gasteiger partial charge is 0.170 e. The summed E-state index contributed by atoms with van der Waals surface area (Å²) in [7, 11) is 1.73. The Balaban J connectivity index is 1.93. The van der Waals surface area contributed by atoms with E-state index < -0.39 is 0 Å². The van der Waals surface area contributed by atoms with Crippen molar-refractivity contribution in [1.82, 2.24) is 15.2 Å². The minimum absolute atomic E-state index is 0.0867. The molecule has 1 aliphatic heterocycles. The van der Waals surface area contributed by atoms with Gasteiger partial charge in [0.05, 0.1) is 17.8 Å². The number of pyridine rings is 1. The van der Waals surface area contributed by atoms with Gasteiger partial charge < -0.3 is 15.0 Å². The lowest BCUT2D eigenvalue weighted by Crippen LogP contribution is -2.31. The summed E-state index contributed by atoms with van der Waals surface area (Å²) >= 11 is 7.40. The van der Waals surface area contributed by atoms with Crippen molar-refractivity contribution in [2.75, 3.05) is 20.3 Å². The molecule has 3 heterocycles. The summed E-state index contributed by atoms with van der Waals surface area (Å²) in [5.74, 6) is 0. The molecule has 3 rings (SSSR count). The molecule has 2 atom stereocenters. The number of ether oxygens (including phenoxy) is 1. The van der Waals surface area contributed by atoms with E-state index in [0.29, 0.717) is 0 Å². The summed E-state index contributed by atoms with van der Waals surface area (Å²) in [6.45, 7) is 3.78. The standard InChI is InChI=1S/C17H21N3OS2/c1-12-7-11-23-16(12)15-14(13-6-3-4-8-18-13)19-17(22)20(15)9-5-10-21-2/h3-4,6-8,11,14-15H,5,9-10H2,1-2H3,(H,19,22)/t14-,15-/m0/s1. The van der Waals surface area contributed by atoms with Gasteiger partial charge in [-0.25, -0.2) is 0 Å². The maximum atomic E-state index is 5.61. The first-order valence-corrected chi connectivity index (χ1v) is 9.02. The Labute approximate surface area is 146 Å². The molecule has 1 N–H and O–H groups in total. The molecule has 122 valence electrons. The molecule has 6 heteroatoms. The highest BCUT2D eigenvalue weighted by Gasteiger charge is 2.40. The molecule has 2 aromatic heterocycles. The molecular formula is C17H21N3OS2. The number of hydrogen-bond donors (Lipinski definition) is 1. The molecule has 0 amide bonds. The minimum Gasteiger partial charge on any atom is -0.385 e. The normalized spacial score (nSPS) is 20.8. The van der Waals surface area contributed by atoms with E-state index in [4.69, 9.17) is 17.0 Å². The van der Waals surface area contributed by atoms with Gasteiger partial charge in [0.2, 0.25) is 0 Å². The van der Waals surface area contributed by atoms with E-state index in [1.54, 1.807) is 18.4 Å². The Kier molecular flexibility index (Phi) is 5.25. The zero-order chi connectivity index (χ0) is 16.2. The average molecular weight is 348 g/mol. The topological polar surface area (TPSA) is 37.4 Å². The van der Waals surface area contributed by atoms with Gasteiger partial charge in [0.15, 0.2) is 5.11 Å². The number of nitrogens with zero attached hydrogens (tertiary/aromatic N) is 2. The fraction of sp³-hybridized carbons (Fsp3) is 0.412. The lowest BCUT2D eigenvalue weighted by atomic mass is 10.0. The Morgan fingerprint density at radius 2 is 2.26 bits per heavy atom. The molecule has 4 nitrogen and oxygen atoms in total. The van der Waals surface area contributed by atoms with Gasteiger partial charge in [0, 0.05) is 31.3 Å². The van der Waals surface area contributed by atoms with Crippen molar-refractivity contribution in [2.24, 2.45) is 0 Å². The molecule has 23 heavy (non-hydrogen) atoms. The van der Waals surface area contributed by atoms with Crippen molar-refractivity contribution in [3.8, 4) is 0 Å². The van der Waals surface area contributed by atoms with Crippen LogP contribution in [0.15, 0.2) is 35.8 Å². The van der Waals surface area contributed by atoms with E-state index in [0.717, 1.165) is 30.4 Å². The van der Waals surface area contributed by atoms with Gasteiger partial charge in [0.25, 0.3) is 0 Å².